The highest BCUT2D eigenvalue weighted by Gasteiger charge is 2.30. The Morgan fingerprint density at radius 3 is 2.50 bits per heavy atom. The lowest BCUT2D eigenvalue weighted by Crippen LogP contribution is -2.40. The summed E-state index contributed by atoms with van der Waals surface area (Å²) in [7, 11) is -3.99. The molecule has 0 bridgehead atoms. The number of hydrazone groups is 1. The van der Waals surface area contributed by atoms with E-state index in [1.54, 1.807) is 0 Å². The zero-order chi connectivity index (χ0) is 20.1. The van der Waals surface area contributed by atoms with Gasteiger partial charge in [-0.05, 0) is 23.8 Å². The van der Waals surface area contributed by atoms with E-state index in [0.29, 0.717) is 5.56 Å². The summed E-state index contributed by atoms with van der Waals surface area (Å²) in [5.41, 5.74) is 2.94. The molecule has 28 heavy (non-hydrogen) atoms. The van der Waals surface area contributed by atoms with Crippen LogP contribution in [-0.2, 0) is 14.8 Å². The second-order valence-corrected chi connectivity index (χ2v) is 7.78. The van der Waals surface area contributed by atoms with Gasteiger partial charge in [0.15, 0.2) is 0 Å². The maximum absolute atomic E-state index is 13.0. The number of morpholine rings is 1. The number of sulfonamides is 1. The van der Waals surface area contributed by atoms with Crippen molar-refractivity contribution in [3.05, 3.63) is 64.0 Å². The maximum Gasteiger partial charge on any atom is 0.270 e. The number of nitro benzene ring substituents is 1. The van der Waals surface area contributed by atoms with Crippen LogP contribution in [0.3, 0.4) is 0 Å². The molecule has 2 aromatic carbocycles. The third-order valence-corrected chi connectivity index (χ3v) is 5.97. The van der Waals surface area contributed by atoms with Gasteiger partial charge in [0.05, 0.1) is 30.0 Å². The summed E-state index contributed by atoms with van der Waals surface area (Å²) in [5, 5.41) is 15.1. The van der Waals surface area contributed by atoms with Gasteiger partial charge in [-0.2, -0.15) is 9.41 Å². The van der Waals surface area contributed by atoms with Crippen LogP contribution in [0.15, 0.2) is 52.5 Å². The fraction of sp³-hybridized carbons (Fsp3) is 0.235. The summed E-state index contributed by atoms with van der Waals surface area (Å²) >= 11 is 0. The Morgan fingerprint density at radius 1 is 1.18 bits per heavy atom. The van der Waals surface area contributed by atoms with E-state index in [2.05, 4.69) is 10.5 Å². The second-order valence-electron chi connectivity index (χ2n) is 5.88. The molecule has 0 atom stereocenters. The van der Waals surface area contributed by atoms with Gasteiger partial charge in [0, 0.05) is 25.2 Å². The highest BCUT2D eigenvalue weighted by molar-refractivity contribution is 7.89. The van der Waals surface area contributed by atoms with Gasteiger partial charge < -0.3 is 4.74 Å². The molecule has 1 aliphatic rings. The van der Waals surface area contributed by atoms with Crippen LogP contribution in [0.1, 0.15) is 5.56 Å². The van der Waals surface area contributed by atoms with Crippen molar-refractivity contribution >= 4 is 27.6 Å². The van der Waals surface area contributed by atoms with Crippen LogP contribution >= 0.6 is 0 Å². The van der Waals surface area contributed by atoms with Crippen LogP contribution in [0.4, 0.5) is 15.8 Å². The Kier molecular flexibility index (Phi) is 5.97. The number of nitrogens with zero attached hydrogens (tertiary/aromatic N) is 3. The molecule has 0 aliphatic carbocycles. The summed E-state index contributed by atoms with van der Waals surface area (Å²) in [6.07, 6.45) is 1.38. The first-order valence-electron chi connectivity index (χ1n) is 8.29. The molecular formula is C17H17FN4O5S. The fourth-order valence-corrected chi connectivity index (χ4v) is 4.15. The summed E-state index contributed by atoms with van der Waals surface area (Å²) < 4.78 is 45.3. The standard InChI is InChI=1S/C17H17FN4O5S/c18-14-3-1-13(2-4-14)12-19-20-16-6-5-15(22(23)24)11-17(16)28(25,26)21-7-9-27-10-8-21/h1-6,11-12,20H,7-10H2/b19-12+. The first-order chi connectivity index (χ1) is 13.4. The van der Waals surface area contributed by atoms with Crippen molar-refractivity contribution in [2.24, 2.45) is 5.10 Å². The molecule has 1 aliphatic heterocycles. The van der Waals surface area contributed by atoms with Gasteiger partial charge in [0.25, 0.3) is 5.69 Å². The number of benzene rings is 2. The van der Waals surface area contributed by atoms with Crippen LogP contribution in [0.5, 0.6) is 0 Å². The number of non-ortho nitro benzene ring substituents is 1. The van der Waals surface area contributed by atoms with Gasteiger partial charge in [-0.15, -0.1) is 0 Å². The molecule has 0 spiro atoms. The molecule has 3 rings (SSSR count). The zero-order valence-corrected chi connectivity index (χ0v) is 15.4. The van der Waals surface area contributed by atoms with E-state index >= 15 is 0 Å². The van der Waals surface area contributed by atoms with Crippen molar-refractivity contribution in [1.29, 1.82) is 0 Å². The Morgan fingerprint density at radius 2 is 1.86 bits per heavy atom. The molecule has 0 unspecified atom stereocenters. The topological polar surface area (TPSA) is 114 Å². The quantitative estimate of drug-likeness (QED) is 0.445. The van der Waals surface area contributed by atoms with Crippen molar-refractivity contribution in [3.63, 3.8) is 0 Å². The molecule has 9 nitrogen and oxygen atoms in total. The van der Waals surface area contributed by atoms with E-state index in [4.69, 9.17) is 4.74 Å². The average Bonchev–Trinajstić information content (AvgIpc) is 2.70. The van der Waals surface area contributed by atoms with Gasteiger partial charge in [0.2, 0.25) is 10.0 Å². The third-order valence-electron chi connectivity index (χ3n) is 4.03. The summed E-state index contributed by atoms with van der Waals surface area (Å²) in [6, 6.07) is 9.01. The minimum atomic E-state index is -3.99. The number of ether oxygens (including phenoxy) is 1. The Bertz CT molecular complexity index is 989. The van der Waals surface area contributed by atoms with Crippen molar-refractivity contribution in [2.75, 3.05) is 31.7 Å². The number of nitro groups is 1. The van der Waals surface area contributed by atoms with Crippen molar-refractivity contribution in [3.8, 4) is 0 Å². The molecule has 2 aromatic rings. The van der Waals surface area contributed by atoms with Gasteiger partial charge in [0.1, 0.15) is 10.7 Å². The van der Waals surface area contributed by atoms with E-state index in [1.165, 1.54) is 46.9 Å². The minimum absolute atomic E-state index is 0.0930. The van der Waals surface area contributed by atoms with Gasteiger partial charge >= 0.3 is 0 Å². The third kappa shape index (κ3) is 4.50. The molecule has 0 aromatic heterocycles. The fourth-order valence-electron chi connectivity index (χ4n) is 2.58. The maximum atomic E-state index is 13.0. The normalized spacial score (nSPS) is 15.6. The van der Waals surface area contributed by atoms with E-state index < -0.39 is 14.9 Å². The van der Waals surface area contributed by atoms with E-state index in [1.807, 2.05) is 0 Å². The first kappa shape index (κ1) is 19.9. The molecular weight excluding hydrogens is 391 g/mol. The van der Waals surface area contributed by atoms with Crippen LogP contribution in [0.25, 0.3) is 0 Å². The molecule has 0 saturated carbocycles. The minimum Gasteiger partial charge on any atom is -0.379 e. The van der Waals surface area contributed by atoms with Gasteiger partial charge in [-0.3, -0.25) is 15.5 Å². The molecule has 0 radical (unpaired) electrons. The number of anilines is 1. The second kappa shape index (κ2) is 8.42. The number of rotatable bonds is 6. The highest BCUT2D eigenvalue weighted by atomic mass is 32.2. The van der Waals surface area contributed by atoms with Crippen LogP contribution < -0.4 is 5.43 Å². The Labute approximate surface area is 160 Å². The molecule has 1 saturated heterocycles. The lowest BCUT2D eigenvalue weighted by Gasteiger charge is -2.26. The Hall–Kier alpha value is -2.89. The summed E-state index contributed by atoms with van der Waals surface area (Å²) in [6.45, 7) is 0.811. The molecule has 1 N–H and O–H groups in total. The van der Waals surface area contributed by atoms with Crippen molar-refractivity contribution in [1.82, 2.24) is 4.31 Å². The van der Waals surface area contributed by atoms with Crippen LogP contribution in [-0.4, -0.2) is 50.2 Å². The zero-order valence-electron chi connectivity index (χ0n) is 14.6. The molecule has 1 heterocycles. The SMILES string of the molecule is O=[N+]([O-])c1ccc(N/N=C/c2ccc(F)cc2)c(S(=O)(=O)N2CCOCC2)c1. The smallest absolute Gasteiger partial charge is 0.270 e. The van der Waals surface area contributed by atoms with Crippen LogP contribution in [0, 0.1) is 15.9 Å². The predicted octanol–water partition coefficient (Wildman–Crippen LogP) is 2.20. The molecule has 11 heteroatoms. The van der Waals surface area contributed by atoms with Crippen molar-refractivity contribution in [2.45, 2.75) is 4.90 Å². The summed E-state index contributed by atoms with van der Waals surface area (Å²) in [4.78, 5) is 10.2. The van der Waals surface area contributed by atoms with Crippen LogP contribution in [0.2, 0.25) is 0 Å². The lowest BCUT2D eigenvalue weighted by molar-refractivity contribution is -0.385. The number of hydrogen-bond acceptors (Lipinski definition) is 7. The van der Waals surface area contributed by atoms with Crippen molar-refractivity contribution < 1.29 is 22.5 Å². The molecule has 1 fully saturated rings. The Balaban J connectivity index is 1.91. The number of hydrogen-bond donors (Lipinski definition) is 1. The number of nitrogens with one attached hydrogen (secondary N) is 1. The summed E-state index contributed by atoms with van der Waals surface area (Å²) in [5.74, 6) is -0.389. The predicted molar refractivity (Wildman–Crippen MR) is 100 cm³/mol. The van der Waals surface area contributed by atoms with Gasteiger partial charge in [-0.1, -0.05) is 12.1 Å². The van der Waals surface area contributed by atoms with E-state index in [-0.39, 0.29) is 48.4 Å². The molecule has 148 valence electrons. The lowest BCUT2D eigenvalue weighted by atomic mass is 10.2. The molecule has 0 amide bonds. The largest absolute Gasteiger partial charge is 0.379 e. The first-order valence-corrected chi connectivity index (χ1v) is 9.73. The van der Waals surface area contributed by atoms with Gasteiger partial charge in [-0.25, -0.2) is 12.8 Å². The number of halogens is 1. The average molecular weight is 408 g/mol. The van der Waals surface area contributed by atoms with E-state index in [9.17, 15) is 22.9 Å². The van der Waals surface area contributed by atoms with E-state index in [0.717, 1.165) is 6.07 Å². The highest BCUT2D eigenvalue weighted by Crippen LogP contribution is 2.29. The monoisotopic (exact) mass is 408 g/mol.